The number of hydrogen-bond acceptors (Lipinski definition) is 10. The number of nitrogens with one attached hydrogen (secondary N) is 1. The summed E-state index contributed by atoms with van der Waals surface area (Å²) >= 11 is 3.80. The molecule has 4 rings (SSSR count). The summed E-state index contributed by atoms with van der Waals surface area (Å²) in [6, 6.07) is 5.44. The minimum absolute atomic E-state index is 0.0106. The number of fused-ring (bicyclic) bond motifs is 2. The van der Waals surface area contributed by atoms with Crippen LogP contribution in [-0.4, -0.2) is 60.7 Å². The van der Waals surface area contributed by atoms with Crippen molar-refractivity contribution in [2.75, 3.05) is 37.6 Å². The molecule has 1 aliphatic carbocycles. The smallest absolute Gasteiger partial charge is 0.341 e. The first-order chi connectivity index (χ1) is 18.8. The second-order valence-corrected chi connectivity index (χ2v) is 11.7. The normalized spacial score (nSPS) is 13.2. The van der Waals surface area contributed by atoms with Crippen LogP contribution >= 0.6 is 34.4 Å². The Kier molecular flexibility index (Phi) is 9.81. The van der Waals surface area contributed by atoms with E-state index in [1.165, 1.54) is 36.9 Å². The van der Waals surface area contributed by atoms with Gasteiger partial charge in [0.15, 0.2) is 4.80 Å². The maximum atomic E-state index is 12.7. The molecule has 0 unspecified atom stereocenters. The molecule has 2 amide bonds. The third-order valence-corrected chi connectivity index (χ3v) is 9.14. The fourth-order valence-electron chi connectivity index (χ4n) is 4.25. The molecule has 208 valence electrons. The molecule has 0 aliphatic heterocycles. The predicted molar refractivity (Wildman–Crippen MR) is 152 cm³/mol. The molecule has 3 aromatic rings. The van der Waals surface area contributed by atoms with Crippen molar-refractivity contribution in [1.29, 1.82) is 0 Å². The molecule has 0 saturated carbocycles. The van der Waals surface area contributed by atoms with Crippen LogP contribution in [0, 0.1) is 0 Å². The van der Waals surface area contributed by atoms with Gasteiger partial charge in [-0.2, -0.15) is 4.99 Å². The molecule has 39 heavy (non-hydrogen) atoms. The highest BCUT2D eigenvalue weighted by Crippen LogP contribution is 2.38. The second-order valence-electron chi connectivity index (χ2n) is 8.56. The number of aromatic nitrogens is 1. The van der Waals surface area contributed by atoms with Crippen molar-refractivity contribution in [3.05, 3.63) is 39.0 Å². The molecular weight excluding hydrogens is 563 g/mol. The molecule has 1 aromatic carbocycles. The summed E-state index contributed by atoms with van der Waals surface area (Å²) in [4.78, 5) is 55.4. The van der Waals surface area contributed by atoms with Gasteiger partial charge in [-0.3, -0.25) is 14.4 Å². The van der Waals surface area contributed by atoms with E-state index in [-0.39, 0.29) is 24.0 Å². The van der Waals surface area contributed by atoms with Crippen LogP contribution in [0.2, 0.25) is 0 Å². The third kappa shape index (κ3) is 6.89. The average Bonchev–Trinajstić information content (AvgIpc) is 3.45. The number of thiophene rings is 1. The number of methoxy groups -OCH3 is 2. The van der Waals surface area contributed by atoms with Gasteiger partial charge in [0, 0.05) is 4.88 Å². The predicted octanol–water partition coefficient (Wildman–Crippen LogP) is 3.80. The van der Waals surface area contributed by atoms with Gasteiger partial charge in [0.2, 0.25) is 5.91 Å². The minimum Gasteiger partial charge on any atom is -0.494 e. The van der Waals surface area contributed by atoms with E-state index in [2.05, 4.69) is 10.3 Å². The summed E-state index contributed by atoms with van der Waals surface area (Å²) in [5, 5.41) is 3.32. The van der Waals surface area contributed by atoms with Gasteiger partial charge in [0.25, 0.3) is 5.91 Å². The Morgan fingerprint density at radius 1 is 1.08 bits per heavy atom. The molecule has 0 atom stereocenters. The summed E-state index contributed by atoms with van der Waals surface area (Å²) in [7, 11) is 2.63. The van der Waals surface area contributed by atoms with Gasteiger partial charge in [0.05, 0.1) is 48.1 Å². The van der Waals surface area contributed by atoms with E-state index in [1.807, 2.05) is 19.1 Å². The molecular formula is C26H29N3O7S3. The molecule has 2 heterocycles. The second kappa shape index (κ2) is 13.3. The van der Waals surface area contributed by atoms with Gasteiger partial charge in [-0.1, -0.05) is 11.3 Å². The molecule has 2 aromatic heterocycles. The van der Waals surface area contributed by atoms with Crippen LogP contribution in [0.1, 0.15) is 40.6 Å². The minimum atomic E-state index is -0.467. The van der Waals surface area contributed by atoms with E-state index in [4.69, 9.17) is 14.2 Å². The number of anilines is 1. The van der Waals surface area contributed by atoms with Crippen LogP contribution in [0.5, 0.6) is 5.75 Å². The van der Waals surface area contributed by atoms with E-state index in [0.717, 1.165) is 58.1 Å². The number of esters is 2. The van der Waals surface area contributed by atoms with E-state index < -0.39 is 17.8 Å². The highest BCUT2D eigenvalue weighted by molar-refractivity contribution is 8.00. The Bertz CT molecular complexity index is 1470. The van der Waals surface area contributed by atoms with Crippen molar-refractivity contribution < 1.29 is 33.4 Å². The van der Waals surface area contributed by atoms with E-state index in [0.29, 0.717) is 27.7 Å². The Morgan fingerprint density at radius 2 is 1.87 bits per heavy atom. The number of amides is 2. The van der Waals surface area contributed by atoms with Crippen LogP contribution in [0.4, 0.5) is 5.00 Å². The number of carbonyl (C=O) groups excluding carboxylic acids is 4. The highest BCUT2D eigenvalue weighted by atomic mass is 32.2. The number of thiazole rings is 1. The zero-order valence-electron chi connectivity index (χ0n) is 21.9. The molecule has 0 radical (unpaired) electrons. The fraction of sp³-hybridized carbons (Fsp3) is 0.423. The number of aryl methyl sites for hydroxylation is 1. The number of benzene rings is 1. The molecule has 10 nitrogen and oxygen atoms in total. The van der Waals surface area contributed by atoms with Gasteiger partial charge in [-0.25, -0.2) is 4.79 Å². The van der Waals surface area contributed by atoms with E-state index in [1.54, 1.807) is 10.6 Å². The summed E-state index contributed by atoms with van der Waals surface area (Å²) in [5.41, 5.74) is 2.13. The summed E-state index contributed by atoms with van der Waals surface area (Å²) < 4.78 is 17.8. The molecule has 0 bridgehead atoms. The number of nitrogens with zero attached hydrogens (tertiary/aromatic N) is 2. The Morgan fingerprint density at radius 3 is 2.62 bits per heavy atom. The van der Waals surface area contributed by atoms with Crippen molar-refractivity contribution in [3.8, 4) is 5.75 Å². The lowest BCUT2D eigenvalue weighted by Gasteiger charge is -2.11. The maximum Gasteiger partial charge on any atom is 0.341 e. The van der Waals surface area contributed by atoms with Gasteiger partial charge in [0.1, 0.15) is 17.3 Å². The lowest BCUT2D eigenvalue weighted by Crippen LogP contribution is -2.23. The first-order valence-corrected chi connectivity index (χ1v) is 15.1. The fourth-order valence-corrected chi connectivity index (χ4v) is 7.21. The Balaban J connectivity index is 1.44. The first kappa shape index (κ1) is 28.8. The molecule has 0 spiro atoms. The van der Waals surface area contributed by atoms with Crippen molar-refractivity contribution in [3.63, 3.8) is 0 Å². The zero-order chi connectivity index (χ0) is 27.9. The number of thioether (sulfide) groups is 1. The maximum absolute atomic E-state index is 12.7. The van der Waals surface area contributed by atoms with Gasteiger partial charge >= 0.3 is 11.9 Å². The topological polar surface area (TPSA) is 125 Å². The monoisotopic (exact) mass is 591 g/mol. The van der Waals surface area contributed by atoms with Crippen LogP contribution in [0.15, 0.2) is 23.2 Å². The van der Waals surface area contributed by atoms with Crippen LogP contribution < -0.4 is 14.9 Å². The third-order valence-electron chi connectivity index (χ3n) is 5.97. The van der Waals surface area contributed by atoms with Gasteiger partial charge < -0.3 is 24.1 Å². The van der Waals surface area contributed by atoms with Crippen molar-refractivity contribution in [2.45, 2.75) is 39.2 Å². The highest BCUT2D eigenvalue weighted by Gasteiger charge is 2.27. The Labute approximate surface area is 237 Å². The molecule has 1 aliphatic rings. The van der Waals surface area contributed by atoms with Crippen molar-refractivity contribution in [1.82, 2.24) is 4.57 Å². The van der Waals surface area contributed by atoms with Crippen LogP contribution in [0.25, 0.3) is 10.2 Å². The summed E-state index contributed by atoms with van der Waals surface area (Å²) in [6.45, 7) is 2.30. The lowest BCUT2D eigenvalue weighted by atomic mass is 9.95. The van der Waals surface area contributed by atoms with Crippen molar-refractivity contribution >= 4 is 73.4 Å². The SMILES string of the molecule is CCOc1ccc2c(c1)sc(=NC(=O)CSCC(=O)Nc1sc3c(c1C(=O)OC)CCCC3)n2CC(=O)OC. The number of rotatable bonds is 10. The van der Waals surface area contributed by atoms with Crippen LogP contribution in [-0.2, 0) is 43.2 Å². The lowest BCUT2D eigenvalue weighted by molar-refractivity contribution is -0.141. The zero-order valence-corrected chi connectivity index (χ0v) is 24.3. The summed E-state index contributed by atoms with van der Waals surface area (Å²) in [5.74, 6) is -1.02. The average molecular weight is 592 g/mol. The number of hydrogen-bond donors (Lipinski definition) is 1. The molecule has 13 heteroatoms. The largest absolute Gasteiger partial charge is 0.494 e. The van der Waals surface area contributed by atoms with Gasteiger partial charge in [-0.15, -0.1) is 23.1 Å². The van der Waals surface area contributed by atoms with Crippen molar-refractivity contribution in [2.24, 2.45) is 4.99 Å². The standard InChI is InChI=1S/C26H29N3O7S3/c1-4-36-15-9-10-17-19(11-15)39-26(29(17)12-22(32)34-2)28-21(31)14-37-13-20(30)27-24-23(25(33)35-3)16-7-5-6-8-18(16)38-24/h9-11H,4-8,12-14H2,1-3H3,(H,27,30). The van der Waals surface area contributed by atoms with E-state index >= 15 is 0 Å². The molecule has 1 N–H and O–H groups in total. The molecule has 0 saturated heterocycles. The van der Waals surface area contributed by atoms with Gasteiger partial charge in [-0.05, 0) is 56.4 Å². The summed E-state index contributed by atoms with van der Waals surface area (Å²) in [6.07, 6.45) is 3.72. The van der Waals surface area contributed by atoms with E-state index in [9.17, 15) is 19.2 Å². The quantitative estimate of drug-likeness (QED) is 0.353. The van der Waals surface area contributed by atoms with Crippen LogP contribution in [0.3, 0.4) is 0 Å². The molecule has 0 fully saturated rings. The number of ether oxygens (including phenoxy) is 3. The first-order valence-electron chi connectivity index (χ1n) is 12.4. The Hall–Kier alpha value is -3.16. The number of carbonyl (C=O) groups is 4.